The predicted octanol–water partition coefficient (Wildman–Crippen LogP) is 1.57. The zero-order valence-corrected chi connectivity index (χ0v) is 11.9. The number of rotatable bonds is 5. The van der Waals surface area contributed by atoms with Gasteiger partial charge in [0.15, 0.2) is 0 Å². The van der Waals surface area contributed by atoms with E-state index in [2.05, 4.69) is 10.4 Å². The third-order valence-electron chi connectivity index (χ3n) is 3.05. The van der Waals surface area contributed by atoms with E-state index >= 15 is 0 Å². The van der Waals surface area contributed by atoms with Crippen molar-refractivity contribution < 1.29 is 4.79 Å². The van der Waals surface area contributed by atoms with Gasteiger partial charge in [0.2, 0.25) is 0 Å². The van der Waals surface area contributed by atoms with E-state index in [1.165, 1.54) is 0 Å². The molecule has 1 aromatic carbocycles. The Labute approximate surface area is 118 Å². The molecular weight excluding hydrogens is 252 g/mol. The maximum atomic E-state index is 11.9. The Morgan fingerprint density at radius 1 is 1.30 bits per heavy atom. The maximum Gasteiger partial charge on any atom is 0.251 e. The van der Waals surface area contributed by atoms with E-state index in [4.69, 9.17) is 5.73 Å². The van der Waals surface area contributed by atoms with Crippen LogP contribution in [0.2, 0.25) is 0 Å². The number of amides is 1. The van der Waals surface area contributed by atoms with Crippen molar-refractivity contribution in [3.05, 3.63) is 47.3 Å². The van der Waals surface area contributed by atoms with E-state index in [9.17, 15) is 4.79 Å². The minimum Gasteiger partial charge on any atom is -0.352 e. The number of benzene rings is 1. The Balaban J connectivity index is 2.10. The third kappa shape index (κ3) is 3.24. The van der Waals surface area contributed by atoms with Crippen molar-refractivity contribution in [3.63, 3.8) is 0 Å². The van der Waals surface area contributed by atoms with E-state index < -0.39 is 0 Å². The summed E-state index contributed by atoms with van der Waals surface area (Å²) in [7, 11) is 0. The summed E-state index contributed by atoms with van der Waals surface area (Å²) >= 11 is 0. The Bertz CT molecular complexity index is 586. The molecule has 0 aliphatic heterocycles. The fraction of sp³-hybridized carbons (Fsp3) is 0.333. The molecular formula is C15H20N4O. The van der Waals surface area contributed by atoms with Crippen molar-refractivity contribution in [2.45, 2.75) is 20.3 Å². The fourth-order valence-electron chi connectivity index (χ4n) is 2.05. The number of aryl methyl sites for hydroxylation is 2. The number of nitrogens with two attached hydrogens (primary N) is 1. The molecule has 0 fully saturated rings. The molecule has 1 heterocycles. The van der Waals surface area contributed by atoms with Crippen LogP contribution in [0.3, 0.4) is 0 Å². The fourth-order valence-corrected chi connectivity index (χ4v) is 2.05. The molecule has 0 radical (unpaired) electrons. The summed E-state index contributed by atoms with van der Waals surface area (Å²) in [4.78, 5) is 11.9. The number of nitrogens with one attached hydrogen (secondary N) is 1. The van der Waals surface area contributed by atoms with Crippen molar-refractivity contribution in [3.8, 4) is 5.69 Å². The summed E-state index contributed by atoms with van der Waals surface area (Å²) in [6.07, 6.45) is 0.787. The van der Waals surface area contributed by atoms with Gasteiger partial charge in [-0.25, -0.2) is 4.68 Å². The Kier molecular flexibility index (Phi) is 4.53. The number of hydrogen-bond acceptors (Lipinski definition) is 3. The average molecular weight is 272 g/mol. The summed E-state index contributed by atoms with van der Waals surface area (Å²) in [5.74, 6) is -0.0710. The molecule has 1 aromatic heterocycles. The highest BCUT2D eigenvalue weighted by atomic mass is 16.1. The molecule has 20 heavy (non-hydrogen) atoms. The SMILES string of the molecule is Cc1cc(C)n(-c2ccc(C(=O)NCCCN)cc2)n1. The van der Waals surface area contributed by atoms with Gasteiger partial charge in [0.05, 0.1) is 11.4 Å². The van der Waals surface area contributed by atoms with Crippen LogP contribution in [-0.2, 0) is 0 Å². The first-order valence-corrected chi connectivity index (χ1v) is 6.74. The lowest BCUT2D eigenvalue weighted by Crippen LogP contribution is -2.25. The molecule has 2 aromatic rings. The van der Waals surface area contributed by atoms with Crippen molar-refractivity contribution in [1.82, 2.24) is 15.1 Å². The second-order valence-electron chi connectivity index (χ2n) is 4.78. The zero-order valence-electron chi connectivity index (χ0n) is 11.9. The average Bonchev–Trinajstić information content (AvgIpc) is 2.78. The summed E-state index contributed by atoms with van der Waals surface area (Å²) in [5.41, 5.74) is 9.04. The second-order valence-corrected chi connectivity index (χ2v) is 4.78. The second kappa shape index (κ2) is 6.34. The molecule has 106 valence electrons. The van der Waals surface area contributed by atoms with Crippen LogP contribution in [0, 0.1) is 13.8 Å². The van der Waals surface area contributed by atoms with E-state index in [1.807, 2.05) is 48.9 Å². The van der Waals surface area contributed by atoms with Crippen molar-refractivity contribution in [2.75, 3.05) is 13.1 Å². The molecule has 1 amide bonds. The molecule has 0 atom stereocenters. The summed E-state index contributed by atoms with van der Waals surface area (Å²) in [6.45, 7) is 5.15. The summed E-state index contributed by atoms with van der Waals surface area (Å²) in [5, 5.41) is 7.25. The molecule has 0 spiro atoms. The smallest absolute Gasteiger partial charge is 0.251 e. The third-order valence-corrected chi connectivity index (χ3v) is 3.05. The van der Waals surface area contributed by atoms with Gasteiger partial charge >= 0.3 is 0 Å². The Morgan fingerprint density at radius 2 is 2.00 bits per heavy atom. The number of nitrogens with zero attached hydrogens (tertiary/aromatic N) is 2. The van der Waals surface area contributed by atoms with Gasteiger partial charge in [-0.3, -0.25) is 4.79 Å². The van der Waals surface area contributed by atoms with Gasteiger partial charge in [-0.05, 0) is 57.1 Å². The number of aromatic nitrogens is 2. The van der Waals surface area contributed by atoms with Crippen LogP contribution in [0.25, 0.3) is 5.69 Å². The van der Waals surface area contributed by atoms with Crippen molar-refractivity contribution in [2.24, 2.45) is 5.73 Å². The number of hydrogen-bond donors (Lipinski definition) is 2. The minimum atomic E-state index is -0.0710. The highest BCUT2D eigenvalue weighted by Crippen LogP contribution is 2.13. The summed E-state index contributed by atoms with van der Waals surface area (Å²) < 4.78 is 1.87. The molecule has 0 bridgehead atoms. The molecule has 0 aliphatic carbocycles. The predicted molar refractivity (Wildman–Crippen MR) is 79.0 cm³/mol. The molecule has 5 nitrogen and oxygen atoms in total. The standard InChI is InChI=1S/C15H20N4O/c1-11-10-12(2)19(18-11)14-6-4-13(5-7-14)15(20)17-9-3-8-16/h4-7,10H,3,8-9,16H2,1-2H3,(H,17,20). The van der Waals surface area contributed by atoms with Crippen LogP contribution in [-0.4, -0.2) is 28.8 Å². The number of carbonyl (C=O) groups is 1. The van der Waals surface area contributed by atoms with E-state index in [-0.39, 0.29) is 5.91 Å². The van der Waals surface area contributed by atoms with Crippen LogP contribution < -0.4 is 11.1 Å². The molecule has 5 heteroatoms. The number of carbonyl (C=O) groups excluding carboxylic acids is 1. The quantitative estimate of drug-likeness (QED) is 0.811. The van der Waals surface area contributed by atoms with Crippen LogP contribution in [0.5, 0.6) is 0 Å². The van der Waals surface area contributed by atoms with E-state index in [0.717, 1.165) is 23.5 Å². The first-order valence-electron chi connectivity index (χ1n) is 6.74. The van der Waals surface area contributed by atoms with Gasteiger partial charge in [0, 0.05) is 17.8 Å². The van der Waals surface area contributed by atoms with E-state index in [1.54, 1.807) is 0 Å². The zero-order chi connectivity index (χ0) is 14.5. The molecule has 2 rings (SSSR count). The monoisotopic (exact) mass is 272 g/mol. The lowest BCUT2D eigenvalue weighted by molar-refractivity contribution is 0.0953. The topological polar surface area (TPSA) is 72.9 Å². The van der Waals surface area contributed by atoms with Gasteiger partial charge in [-0.2, -0.15) is 5.10 Å². The lowest BCUT2D eigenvalue weighted by atomic mass is 10.2. The highest BCUT2D eigenvalue weighted by molar-refractivity contribution is 5.94. The first-order chi connectivity index (χ1) is 9.61. The van der Waals surface area contributed by atoms with Gasteiger partial charge in [-0.1, -0.05) is 0 Å². The Morgan fingerprint density at radius 3 is 2.55 bits per heavy atom. The Hall–Kier alpha value is -2.14. The van der Waals surface area contributed by atoms with Gasteiger partial charge in [0.25, 0.3) is 5.91 Å². The molecule has 0 saturated heterocycles. The maximum absolute atomic E-state index is 11.9. The van der Waals surface area contributed by atoms with Gasteiger partial charge in [0.1, 0.15) is 0 Å². The lowest BCUT2D eigenvalue weighted by Gasteiger charge is -2.07. The molecule has 0 aliphatic rings. The minimum absolute atomic E-state index is 0.0710. The first kappa shape index (κ1) is 14.3. The van der Waals surface area contributed by atoms with Crippen molar-refractivity contribution >= 4 is 5.91 Å². The molecule has 0 unspecified atom stereocenters. The van der Waals surface area contributed by atoms with Crippen LogP contribution in [0.4, 0.5) is 0 Å². The van der Waals surface area contributed by atoms with Crippen molar-refractivity contribution in [1.29, 1.82) is 0 Å². The van der Waals surface area contributed by atoms with E-state index in [0.29, 0.717) is 18.7 Å². The van der Waals surface area contributed by atoms with Crippen LogP contribution >= 0.6 is 0 Å². The molecule has 0 saturated carbocycles. The highest BCUT2D eigenvalue weighted by Gasteiger charge is 2.07. The normalized spacial score (nSPS) is 10.6. The largest absolute Gasteiger partial charge is 0.352 e. The van der Waals surface area contributed by atoms with Gasteiger partial charge in [-0.15, -0.1) is 0 Å². The van der Waals surface area contributed by atoms with Crippen LogP contribution in [0.1, 0.15) is 28.2 Å². The van der Waals surface area contributed by atoms with Crippen LogP contribution in [0.15, 0.2) is 30.3 Å². The molecule has 3 N–H and O–H groups in total. The van der Waals surface area contributed by atoms with Gasteiger partial charge < -0.3 is 11.1 Å². The summed E-state index contributed by atoms with van der Waals surface area (Å²) in [6, 6.07) is 9.44.